The Balaban J connectivity index is 0.000000231. The van der Waals surface area contributed by atoms with Crippen LogP contribution < -0.4 is 0 Å². The van der Waals surface area contributed by atoms with E-state index in [4.69, 9.17) is 0 Å². The van der Waals surface area contributed by atoms with E-state index in [0.717, 1.165) is 22.3 Å². The molecule has 0 aliphatic carbocycles. The predicted octanol–water partition coefficient (Wildman–Crippen LogP) is 11.4. The van der Waals surface area contributed by atoms with E-state index in [0.29, 0.717) is 0 Å². The molecular weight excluding hydrogens is 1100 g/mol. The topological polar surface area (TPSA) is 245 Å². The van der Waals surface area contributed by atoms with Crippen LogP contribution in [0.25, 0.3) is 18.9 Å². The first-order chi connectivity index (χ1) is 30.3. The molecule has 8 aromatic rings. The molecule has 4 heterocycles. The van der Waals surface area contributed by atoms with Gasteiger partial charge in [0.05, 0.1) is 19.6 Å². The van der Waals surface area contributed by atoms with Crippen LogP contribution >= 0.6 is 45.3 Å². The first-order valence-electron chi connectivity index (χ1n) is 18.1. The Labute approximate surface area is 421 Å². The molecule has 0 fully saturated rings. The summed E-state index contributed by atoms with van der Waals surface area (Å²) in [6.07, 6.45) is 6.09. The van der Waals surface area contributed by atoms with Gasteiger partial charge in [-0.3, -0.25) is 0 Å². The summed E-state index contributed by atoms with van der Waals surface area (Å²) in [5, 5.41) is 7.74. The maximum atomic E-state index is 11.8. The van der Waals surface area contributed by atoms with Gasteiger partial charge in [0.1, 0.15) is 0 Å². The first kappa shape index (κ1) is 55.8. The SMILES string of the molecule is Cc1ccc(S(=O)(=O)[N-]c2nccs2)cc1.Cc1ccc(S(=O)(=O)[N-]c2nccs2)cc1.Cc1ccc(S(=O)(=O)[N-]c2nccs2)cc1.Cc1ccc(S(=O)(=O)[N-]c2nccs2)cc1.[Cu+2].[Cu+2]. The largest absolute Gasteiger partial charge is 2.00 e. The number of thiazole rings is 4. The molecule has 0 amide bonds. The van der Waals surface area contributed by atoms with Crippen molar-refractivity contribution in [2.75, 3.05) is 0 Å². The molecule has 2 radical (unpaired) electrons. The van der Waals surface area contributed by atoms with E-state index in [2.05, 4.69) is 38.8 Å². The average Bonchev–Trinajstić information content (AvgIpc) is 4.11. The van der Waals surface area contributed by atoms with Crippen molar-refractivity contribution in [3.8, 4) is 0 Å². The minimum absolute atomic E-state index is 0. The van der Waals surface area contributed by atoms with E-state index < -0.39 is 40.1 Å². The second-order valence-electron chi connectivity index (χ2n) is 12.8. The zero-order valence-electron chi connectivity index (χ0n) is 34.6. The summed E-state index contributed by atoms with van der Waals surface area (Å²) in [4.78, 5) is 16.0. The maximum absolute atomic E-state index is 11.8. The second-order valence-corrected chi connectivity index (χ2v) is 22.7. The Morgan fingerprint density at radius 1 is 0.318 bits per heavy atom. The van der Waals surface area contributed by atoms with E-state index in [1.54, 1.807) is 119 Å². The zero-order chi connectivity index (χ0) is 46.4. The summed E-state index contributed by atoms with van der Waals surface area (Å²) < 4.78 is 109. The monoisotopic (exact) mass is 1140 g/mol. The van der Waals surface area contributed by atoms with E-state index in [1.165, 1.54) is 70.1 Å². The van der Waals surface area contributed by atoms with Crippen LogP contribution in [0.2, 0.25) is 0 Å². The molecule has 16 nitrogen and oxygen atoms in total. The minimum atomic E-state index is -3.63. The third-order valence-electron chi connectivity index (χ3n) is 7.75. The summed E-state index contributed by atoms with van der Waals surface area (Å²) in [7, 11) is -14.5. The van der Waals surface area contributed by atoms with Gasteiger partial charge >= 0.3 is 34.1 Å². The van der Waals surface area contributed by atoms with Gasteiger partial charge in [-0.25, -0.2) is 33.7 Å². The molecule has 0 unspecified atom stereocenters. The summed E-state index contributed by atoms with van der Waals surface area (Å²) in [6, 6.07) is 26.3. The number of nitrogens with zero attached hydrogens (tertiary/aromatic N) is 8. The van der Waals surface area contributed by atoms with Crippen LogP contribution in [0.4, 0.5) is 20.5 Å². The molecule has 354 valence electrons. The van der Waals surface area contributed by atoms with Crippen LogP contribution in [-0.2, 0) is 74.2 Å². The molecule has 8 rings (SSSR count). The fraction of sp³-hybridized carbons (Fsp3) is 0.100. The molecular formula is C40H36Cu2N8O8S8. The molecule has 0 aliphatic heterocycles. The van der Waals surface area contributed by atoms with Crippen LogP contribution in [0, 0.1) is 27.7 Å². The Kier molecular flexibility index (Phi) is 21.6. The van der Waals surface area contributed by atoms with Crippen molar-refractivity contribution in [2.45, 2.75) is 47.3 Å². The zero-order valence-corrected chi connectivity index (χ0v) is 43.0. The Bertz CT molecular complexity index is 2680. The van der Waals surface area contributed by atoms with Gasteiger partial charge in [-0.2, -0.15) is 45.3 Å². The van der Waals surface area contributed by atoms with Crippen molar-refractivity contribution < 1.29 is 67.8 Å². The number of aryl methyl sites for hydroxylation is 4. The maximum Gasteiger partial charge on any atom is 2.00 e. The summed E-state index contributed by atoms with van der Waals surface area (Å²) in [5.74, 6) is 0. The fourth-order valence-electron chi connectivity index (χ4n) is 4.51. The van der Waals surface area contributed by atoms with Crippen LogP contribution in [-0.4, -0.2) is 53.6 Å². The van der Waals surface area contributed by atoms with Crippen molar-refractivity contribution in [1.29, 1.82) is 0 Å². The Morgan fingerprint density at radius 3 is 0.621 bits per heavy atom. The summed E-state index contributed by atoms with van der Waals surface area (Å²) in [5.41, 5.74) is 4.03. The number of sulfonamides is 4. The van der Waals surface area contributed by atoms with Gasteiger partial charge in [-0.1, -0.05) is 95.6 Å². The molecule has 0 saturated carbocycles. The predicted molar refractivity (Wildman–Crippen MR) is 254 cm³/mol. The summed E-state index contributed by atoms with van der Waals surface area (Å²) >= 11 is 4.76. The van der Waals surface area contributed by atoms with E-state index in [9.17, 15) is 33.7 Å². The first-order valence-corrected chi connectivity index (χ1v) is 27.4. The van der Waals surface area contributed by atoms with Gasteiger partial charge in [-0.05, 0) is 97.7 Å². The Hall–Kier alpha value is -4.56. The summed E-state index contributed by atoms with van der Waals surface area (Å²) in [6.45, 7) is 7.59. The molecule has 4 aromatic heterocycles. The molecule has 0 atom stereocenters. The quantitative estimate of drug-likeness (QED) is 0.104. The third-order valence-corrected chi connectivity index (χ3v) is 16.0. The Morgan fingerprint density at radius 2 is 0.485 bits per heavy atom. The van der Waals surface area contributed by atoms with Crippen LogP contribution in [0.3, 0.4) is 0 Å². The van der Waals surface area contributed by atoms with Crippen molar-refractivity contribution in [3.63, 3.8) is 0 Å². The van der Waals surface area contributed by atoms with E-state index in [-0.39, 0.29) is 74.2 Å². The van der Waals surface area contributed by atoms with Gasteiger partial charge < -0.3 is 38.8 Å². The molecule has 0 bridgehead atoms. The molecule has 4 aromatic carbocycles. The van der Waals surface area contributed by atoms with Crippen molar-refractivity contribution in [1.82, 2.24) is 19.9 Å². The molecule has 0 saturated heterocycles. The van der Waals surface area contributed by atoms with Crippen LogP contribution in [0.5, 0.6) is 0 Å². The average molecular weight is 1140 g/mol. The molecule has 0 aliphatic rings. The normalized spacial score (nSPS) is 11.0. The smallest absolute Gasteiger partial charge is 0.433 e. The third kappa shape index (κ3) is 17.6. The number of rotatable bonds is 12. The second kappa shape index (κ2) is 25.5. The van der Waals surface area contributed by atoms with E-state index >= 15 is 0 Å². The molecule has 66 heavy (non-hydrogen) atoms. The van der Waals surface area contributed by atoms with Gasteiger partial charge in [-0.15, -0.1) is 0 Å². The van der Waals surface area contributed by atoms with Gasteiger partial charge in [0.25, 0.3) is 0 Å². The van der Waals surface area contributed by atoms with Crippen molar-refractivity contribution >= 4 is 106 Å². The number of hydrogen-bond donors (Lipinski definition) is 0. The molecule has 26 heteroatoms. The van der Waals surface area contributed by atoms with Crippen LogP contribution in [0.1, 0.15) is 22.3 Å². The van der Waals surface area contributed by atoms with E-state index in [1.807, 2.05) is 27.7 Å². The van der Waals surface area contributed by atoms with Gasteiger partial charge in [0, 0.05) is 20.5 Å². The number of benzene rings is 4. The van der Waals surface area contributed by atoms with Gasteiger partial charge in [0.15, 0.2) is 0 Å². The number of hydrogen-bond acceptors (Lipinski definition) is 16. The molecule has 0 spiro atoms. The van der Waals surface area contributed by atoms with Crippen LogP contribution in [0.15, 0.2) is 163 Å². The standard InChI is InChI=1S/4C10H9N2O2S2.2Cu/c4*1-8-2-4-9(5-3-8)16(13,14)12-10-11-6-7-15-10;;/h4*2-7H,1H3;;/q4*-1;2*+2. The number of aromatic nitrogens is 4. The molecule has 0 N–H and O–H groups in total. The van der Waals surface area contributed by atoms with Crippen molar-refractivity contribution in [3.05, 3.63) is 185 Å². The fourth-order valence-corrected chi connectivity index (χ4v) is 11.2. The van der Waals surface area contributed by atoms with Gasteiger partial charge in [0.2, 0.25) is 40.1 Å². The minimum Gasteiger partial charge on any atom is -0.433 e. The van der Waals surface area contributed by atoms with Crippen molar-refractivity contribution in [2.24, 2.45) is 0 Å².